The number of aromatic nitrogens is 2. The van der Waals surface area contributed by atoms with Crippen molar-refractivity contribution >= 4 is 0 Å². The highest BCUT2D eigenvalue weighted by molar-refractivity contribution is 5.45. The molecule has 0 atom stereocenters. The second-order valence-corrected chi connectivity index (χ2v) is 4.91. The highest BCUT2D eigenvalue weighted by Crippen LogP contribution is 2.33. The van der Waals surface area contributed by atoms with E-state index in [9.17, 15) is 0 Å². The summed E-state index contributed by atoms with van der Waals surface area (Å²) < 4.78 is 5.30. The van der Waals surface area contributed by atoms with Crippen LogP contribution in [0.1, 0.15) is 28.4 Å². The molecular weight excluding hydrogens is 248 g/mol. The van der Waals surface area contributed by atoms with E-state index in [2.05, 4.69) is 41.2 Å². The number of rotatable bonds is 4. The van der Waals surface area contributed by atoms with E-state index in [-0.39, 0.29) is 5.92 Å². The van der Waals surface area contributed by atoms with E-state index >= 15 is 0 Å². The fourth-order valence-corrected chi connectivity index (χ4v) is 2.65. The van der Waals surface area contributed by atoms with Crippen molar-refractivity contribution in [3.8, 4) is 5.75 Å². The largest absolute Gasteiger partial charge is 0.497 e. The van der Waals surface area contributed by atoms with Gasteiger partial charge in [0.1, 0.15) is 5.75 Å². The van der Waals surface area contributed by atoms with Crippen LogP contribution in [0.4, 0.5) is 0 Å². The summed E-state index contributed by atoms with van der Waals surface area (Å²) in [6.07, 6.45) is 3.92. The van der Waals surface area contributed by atoms with Gasteiger partial charge in [-0.15, -0.1) is 0 Å². The minimum absolute atomic E-state index is 0.186. The van der Waals surface area contributed by atoms with Crippen LogP contribution in [0, 0.1) is 6.92 Å². The summed E-state index contributed by atoms with van der Waals surface area (Å²) in [6, 6.07) is 14.5. The smallest absolute Gasteiger partial charge is 0.119 e. The molecule has 3 nitrogen and oxygen atoms in total. The van der Waals surface area contributed by atoms with Crippen LogP contribution in [0.5, 0.6) is 5.75 Å². The van der Waals surface area contributed by atoms with Crippen LogP contribution >= 0.6 is 0 Å². The summed E-state index contributed by atoms with van der Waals surface area (Å²) in [5, 5.41) is 0. The van der Waals surface area contributed by atoms with Gasteiger partial charge in [-0.2, -0.15) is 0 Å². The molecule has 0 aliphatic carbocycles. The molecule has 0 bridgehead atoms. The predicted octanol–water partition coefficient (Wildman–Crippen LogP) is 3.84. The van der Waals surface area contributed by atoms with Gasteiger partial charge in [0.15, 0.2) is 0 Å². The quantitative estimate of drug-likeness (QED) is 0.740. The Kier molecular flexibility index (Phi) is 3.33. The van der Waals surface area contributed by atoms with E-state index in [1.165, 1.54) is 22.5 Å². The monoisotopic (exact) mass is 266 g/mol. The average molecular weight is 266 g/mol. The van der Waals surface area contributed by atoms with E-state index in [1.54, 1.807) is 7.11 Å². The molecule has 0 unspecified atom stereocenters. The minimum atomic E-state index is 0.186. The molecule has 3 heteroatoms. The Hall–Kier alpha value is -2.42. The van der Waals surface area contributed by atoms with Crippen LogP contribution in [0.3, 0.4) is 0 Å². The summed E-state index contributed by atoms with van der Waals surface area (Å²) >= 11 is 0. The molecule has 3 rings (SSSR count). The van der Waals surface area contributed by atoms with Crippen LogP contribution in [-0.4, -0.2) is 17.1 Å². The molecule has 0 aliphatic heterocycles. The van der Waals surface area contributed by atoms with Crippen molar-refractivity contribution in [1.82, 2.24) is 9.97 Å². The van der Waals surface area contributed by atoms with E-state index in [0.717, 1.165) is 5.75 Å². The van der Waals surface area contributed by atoms with Crippen molar-refractivity contribution in [3.05, 3.63) is 77.4 Å². The lowest BCUT2D eigenvalue weighted by molar-refractivity contribution is 0.414. The molecule has 20 heavy (non-hydrogen) atoms. The molecule has 0 amide bonds. The van der Waals surface area contributed by atoms with Crippen molar-refractivity contribution in [3.63, 3.8) is 0 Å². The third kappa shape index (κ3) is 2.23. The van der Waals surface area contributed by atoms with Gasteiger partial charge in [-0.25, -0.2) is 0 Å². The number of methoxy groups -OCH3 is 1. The van der Waals surface area contributed by atoms with E-state index < -0.39 is 0 Å². The van der Waals surface area contributed by atoms with Crippen molar-refractivity contribution in [2.45, 2.75) is 12.8 Å². The number of benzene rings is 1. The molecule has 2 aromatic heterocycles. The second-order valence-electron chi connectivity index (χ2n) is 4.91. The number of aromatic amines is 2. The number of hydrogen-bond acceptors (Lipinski definition) is 1. The van der Waals surface area contributed by atoms with Gasteiger partial charge in [-0.1, -0.05) is 6.07 Å². The van der Waals surface area contributed by atoms with Gasteiger partial charge in [0.2, 0.25) is 0 Å². The van der Waals surface area contributed by atoms with Gasteiger partial charge in [0, 0.05) is 23.8 Å². The highest BCUT2D eigenvalue weighted by atomic mass is 16.5. The zero-order valence-corrected chi connectivity index (χ0v) is 11.7. The minimum Gasteiger partial charge on any atom is -0.497 e. The molecule has 0 fully saturated rings. The van der Waals surface area contributed by atoms with Crippen molar-refractivity contribution < 1.29 is 4.74 Å². The molecule has 3 aromatic rings. The molecule has 2 N–H and O–H groups in total. The standard InChI is InChI=1S/C17H18N2O/c1-12-11-13(20-2)7-8-14(12)17(15-5-3-9-18-15)16-6-4-10-19-16/h3-11,17-19H,1-2H3. The van der Waals surface area contributed by atoms with E-state index in [1.807, 2.05) is 30.6 Å². The van der Waals surface area contributed by atoms with Gasteiger partial charge >= 0.3 is 0 Å². The van der Waals surface area contributed by atoms with Crippen LogP contribution in [0.2, 0.25) is 0 Å². The number of hydrogen-bond donors (Lipinski definition) is 2. The van der Waals surface area contributed by atoms with E-state index in [0.29, 0.717) is 0 Å². The zero-order valence-electron chi connectivity index (χ0n) is 11.7. The predicted molar refractivity (Wildman–Crippen MR) is 80.3 cm³/mol. The van der Waals surface area contributed by atoms with Gasteiger partial charge in [-0.3, -0.25) is 0 Å². The first-order valence-corrected chi connectivity index (χ1v) is 6.70. The zero-order chi connectivity index (χ0) is 13.9. The Morgan fingerprint density at radius 3 is 2.05 bits per heavy atom. The maximum Gasteiger partial charge on any atom is 0.119 e. The molecular formula is C17H18N2O. The Balaban J connectivity index is 2.11. The van der Waals surface area contributed by atoms with Crippen molar-refractivity contribution in [1.29, 1.82) is 0 Å². The van der Waals surface area contributed by atoms with Gasteiger partial charge in [0.25, 0.3) is 0 Å². The topological polar surface area (TPSA) is 40.8 Å². The molecule has 0 saturated carbocycles. The Bertz CT molecular complexity index is 635. The second kappa shape index (κ2) is 5.29. The van der Waals surface area contributed by atoms with Crippen LogP contribution in [0.15, 0.2) is 54.9 Å². The summed E-state index contributed by atoms with van der Waals surface area (Å²) in [4.78, 5) is 6.66. The summed E-state index contributed by atoms with van der Waals surface area (Å²) in [6.45, 7) is 2.12. The number of aryl methyl sites for hydroxylation is 1. The van der Waals surface area contributed by atoms with Crippen molar-refractivity contribution in [2.24, 2.45) is 0 Å². The number of ether oxygens (including phenoxy) is 1. The normalized spacial score (nSPS) is 10.9. The van der Waals surface area contributed by atoms with Crippen LogP contribution < -0.4 is 4.74 Å². The van der Waals surface area contributed by atoms with Crippen LogP contribution in [-0.2, 0) is 0 Å². The molecule has 2 heterocycles. The maximum absolute atomic E-state index is 5.30. The van der Waals surface area contributed by atoms with E-state index in [4.69, 9.17) is 4.74 Å². The van der Waals surface area contributed by atoms with Gasteiger partial charge in [0.05, 0.1) is 13.0 Å². The van der Waals surface area contributed by atoms with Crippen LogP contribution in [0.25, 0.3) is 0 Å². The first-order valence-electron chi connectivity index (χ1n) is 6.70. The third-order valence-corrected chi connectivity index (χ3v) is 3.65. The number of nitrogens with one attached hydrogen (secondary N) is 2. The molecule has 102 valence electrons. The molecule has 0 aliphatic rings. The Labute approximate surface area is 118 Å². The van der Waals surface area contributed by atoms with Gasteiger partial charge < -0.3 is 14.7 Å². The average Bonchev–Trinajstić information content (AvgIpc) is 3.14. The lowest BCUT2D eigenvalue weighted by Gasteiger charge is -2.18. The fraction of sp³-hybridized carbons (Fsp3) is 0.176. The van der Waals surface area contributed by atoms with Gasteiger partial charge in [-0.05, 0) is 54.4 Å². The first kappa shape index (κ1) is 12.6. The first-order chi connectivity index (χ1) is 9.79. The molecule has 1 aromatic carbocycles. The SMILES string of the molecule is COc1ccc(C(c2ccc[nH]2)c2ccc[nH]2)c(C)c1. The summed E-state index contributed by atoms with van der Waals surface area (Å²) in [5.74, 6) is 1.08. The third-order valence-electron chi connectivity index (χ3n) is 3.65. The maximum atomic E-state index is 5.30. The summed E-state index contributed by atoms with van der Waals surface area (Å²) in [7, 11) is 1.70. The molecule has 0 spiro atoms. The lowest BCUT2D eigenvalue weighted by Crippen LogP contribution is -2.06. The fourth-order valence-electron chi connectivity index (χ4n) is 2.65. The Morgan fingerprint density at radius 1 is 0.950 bits per heavy atom. The molecule has 0 radical (unpaired) electrons. The lowest BCUT2D eigenvalue weighted by atomic mass is 9.89. The number of H-pyrrole nitrogens is 2. The molecule has 0 saturated heterocycles. The Morgan fingerprint density at radius 2 is 1.60 bits per heavy atom. The highest BCUT2D eigenvalue weighted by Gasteiger charge is 2.20. The van der Waals surface area contributed by atoms with Crippen molar-refractivity contribution in [2.75, 3.05) is 7.11 Å². The summed E-state index contributed by atoms with van der Waals surface area (Å²) in [5.41, 5.74) is 4.86.